The molecule has 2 atom stereocenters. The Balaban J connectivity index is 1.14. The average molecular weight is 625 g/mol. The van der Waals surface area contributed by atoms with Gasteiger partial charge in [-0.05, 0) is 72.8 Å². The first-order valence-corrected chi connectivity index (χ1v) is 15.4. The van der Waals surface area contributed by atoms with E-state index in [4.69, 9.17) is 14.2 Å². The van der Waals surface area contributed by atoms with Gasteiger partial charge in [-0.25, -0.2) is 14.0 Å². The van der Waals surface area contributed by atoms with Crippen LogP contribution in [-0.4, -0.2) is 80.3 Å². The van der Waals surface area contributed by atoms with Gasteiger partial charge in [-0.2, -0.15) is 0 Å². The number of para-hydroxylation sites is 1. The molecule has 0 radical (unpaired) electrons. The first-order valence-electron chi connectivity index (χ1n) is 15.4. The minimum absolute atomic E-state index is 0.204. The molecular formula is C36H37FN4O5. The number of halogens is 1. The van der Waals surface area contributed by atoms with Crippen molar-refractivity contribution in [1.82, 2.24) is 9.80 Å². The molecule has 0 unspecified atom stereocenters. The van der Waals surface area contributed by atoms with Crippen LogP contribution in [-0.2, 0) is 4.74 Å². The SMILES string of the molecule is COc1cccc(NC(=O)N2CC[C@@H](OC(=O)c3ccc(Oc4ccccc4)cc3)[C@H](N3CCN(c4ccc(F)cc4)CC3)C2)c1. The zero-order chi connectivity index (χ0) is 31.9. The van der Waals surface area contributed by atoms with E-state index in [0.29, 0.717) is 61.1 Å². The number of carbonyl (C=O) groups is 2. The van der Waals surface area contributed by atoms with E-state index in [1.54, 1.807) is 54.5 Å². The number of benzene rings is 4. The second kappa shape index (κ2) is 14.3. The molecule has 10 heteroatoms. The number of rotatable bonds is 8. The fraction of sp³-hybridized carbons (Fsp3) is 0.278. The molecule has 2 saturated heterocycles. The van der Waals surface area contributed by atoms with Gasteiger partial charge in [-0.1, -0.05) is 24.3 Å². The molecule has 4 aromatic rings. The fourth-order valence-corrected chi connectivity index (χ4v) is 5.94. The van der Waals surface area contributed by atoms with Gasteiger partial charge >= 0.3 is 12.0 Å². The predicted molar refractivity (Wildman–Crippen MR) is 174 cm³/mol. The Bertz CT molecular complexity index is 1610. The van der Waals surface area contributed by atoms with Crippen LogP contribution in [0.2, 0.25) is 0 Å². The molecule has 2 fully saturated rings. The Morgan fingerprint density at radius 1 is 0.783 bits per heavy atom. The van der Waals surface area contributed by atoms with E-state index in [-0.39, 0.29) is 17.9 Å². The zero-order valence-electron chi connectivity index (χ0n) is 25.7. The van der Waals surface area contributed by atoms with Crippen molar-refractivity contribution in [3.8, 4) is 17.2 Å². The van der Waals surface area contributed by atoms with E-state index >= 15 is 0 Å². The highest BCUT2D eigenvalue weighted by Gasteiger charge is 2.39. The highest BCUT2D eigenvalue weighted by atomic mass is 19.1. The summed E-state index contributed by atoms with van der Waals surface area (Å²) in [5.74, 6) is 1.30. The second-order valence-electron chi connectivity index (χ2n) is 11.3. The van der Waals surface area contributed by atoms with E-state index in [0.717, 1.165) is 18.8 Å². The fourth-order valence-electron chi connectivity index (χ4n) is 5.94. The van der Waals surface area contributed by atoms with Gasteiger partial charge in [0.1, 0.15) is 29.2 Å². The Hall–Kier alpha value is -5.09. The van der Waals surface area contributed by atoms with E-state index in [1.807, 2.05) is 48.5 Å². The Kier molecular flexibility index (Phi) is 9.64. The van der Waals surface area contributed by atoms with E-state index in [2.05, 4.69) is 15.1 Å². The van der Waals surface area contributed by atoms with Crippen LogP contribution in [0.3, 0.4) is 0 Å². The maximum atomic E-state index is 13.5. The summed E-state index contributed by atoms with van der Waals surface area (Å²) in [6, 6.07) is 29.7. The summed E-state index contributed by atoms with van der Waals surface area (Å²) in [6.07, 6.45) is 0.0842. The summed E-state index contributed by atoms with van der Waals surface area (Å²) in [4.78, 5) is 33.0. The Morgan fingerprint density at radius 2 is 1.48 bits per heavy atom. The van der Waals surface area contributed by atoms with Crippen molar-refractivity contribution in [1.29, 1.82) is 0 Å². The third kappa shape index (κ3) is 7.58. The topological polar surface area (TPSA) is 83.6 Å². The number of methoxy groups -OCH3 is 1. The van der Waals surface area contributed by atoms with Crippen LogP contribution in [0.5, 0.6) is 17.2 Å². The van der Waals surface area contributed by atoms with Crippen molar-refractivity contribution in [2.24, 2.45) is 0 Å². The van der Waals surface area contributed by atoms with Crippen LogP contribution >= 0.6 is 0 Å². The van der Waals surface area contributed by atoms with E-state index in [1.165, 1.54) is 12.1 Å². The number of piperidine rings is 1. The van der Waals surface area contributed by atoms with Crippen LogP contribution in [0, 0.1) is 5.82 Å². The number of likely N-dealkylation sites (tertiary alicyclic amines) is 1. The number of ether oxygens (including phenoxy) is 3. The molecule has 0 bridgehead atoms. The van der Waals surface area contributed by atoms with Gasteiger partial charge in [-0.15, -0.1) is 0 Å². The molecule has 0 aliphatic carbocycles. The van der Waals surface area contributed by atoms with E-state index in [9.17, 15) is 14.0 Å². The smallest absolute Gasteiger partial charge is 0.338 e. The van der Waals surface area contributed by atoms with Crippen LogP contribution in [0.4, 0.5) is 20.6 Å². The Morgan fingerprint density at radius 3 is 2.20 bits per heavy atom. The van der Waals surface area contributed by atoms with Gasteiger partial charge < -0.3 is 29.3 Å². The lowest BCUT2D eigenvalue weighted by atomic mass is 9.99. The molecule has 2 aliphatic rings. The van der Waals surface area contributed by atoms with Crippen molar-refractivity contribution in [2.45, 2.75) is 18.6 Å². The van der Waals surface area contributed by atoms with Crippen molar-refractivity contribution < 1.29 is 28.2 Å². The molecule has 6 rings (SSSR count). The van der Waals surface area contributed by atoms with Crippen molar-refractivity contribution in [3.05, 3.63) is 115 Å². The summed E-state index contributed by atoms with van der Waals surface area (Å²) < 4.78 is 30.8. The molecule has 1 N–H and O–H groups in total. The van der Waals surface area contributed by atoms with Crippen LogP contribution in [0.25, 0.3) is 0 Å². The lowest BCUT2D eigenvalue weighted by molar-refractivity contribution is -0.0290. The molecule has 46 heavy (non-hydrogen) atoms. The minimum Gasteiger partial charge on any atom is -0.497 e. The first kappa shape index (κ1) is 30.9. The number of hydrogen-bond donors (Lipinski definition) is 1. The highest BCUT2D eigenvalue weighted by Crippen LogP contribution is 2.27. The number of hydrogen-bond acceptors (Lipinski definition) is 7. The summed E-state index contributed by atoms with van der Waals surface area (Å²) in [6.45, 7) is 3.68. The molecule has 0 spiro atoms. The molecule has 2 amide bonds. The van der Waals surface area contributed by atoms with E-state index < -0.39 is 12.1 Å². The molecule has 9 nitrogen and oxygen atoms in total. The number of anilines is 2. The maximum absolute atomic E-state index is 13.5. The van der Waals surface area contributed by atoms with Crippen molar-refractivity contribution >= 4 is 23.4 Å². The third-order valence-corrected chi connectivity index (χ3v) is 8.43. The molecule has 2 heterocycles. The van der Waals surface area contributed by atoms with Gasteiger partial charge in [0.25, 0.3) is 0 Å². The maximum Gasteiger partial charge on any atom is 0.338 e. The van der Waals surface area contributed by atoms with Gasteiger partial charge in [0.05, 0.1) is 18.7 Å². The van der Waals surface area contributed by atoms with Crippen LogP contribution < -0.4 is 19.7 Å². The van der Waals surface area contributed by atoms with Crippen molar-refractivity contribution in [2.75, 3.05) is 56.6 Å². The quantitative estimate of drug-likeness (QED) is 0.231. The molecule has 0 aromatic heterocycles. The zero-order valence-corrected chi connectivity index (χ0v) is 25.7. The van der Waals surface area contributed by atoms with Gasteiger partial charge in [0.15, 0.2) is 0 Å². The summed E-state index contributed by atoms with van der Waals surface area (Å²) in [5, 5.41) is 2.98. The number of piperazine rings is 1. The largest absolute Gasteiger partial charge is 0.497 e. The minimum atomic E-state index is -0.416. The number of carbonyl (C=O) groups excluding carboxylic acids is 2. The standard InChI is InChI=1S/C36H37FN4O5/c1-44-32-9-5-6-28(24-32)38-36(43)41-19-18-34(33(25-41)40-22-20-39(21-23-40)29-14-12-27(37)13-15-29)46-35(42)26-10-16-31(17-11-26)45-30-7-3-2-4-8-30/h2-17,24,33-34H,18-23,25H2,1H3,(H,38,43)/t33-,34-/m1/s1. The molecule has 2 aliphatic heterocycles. The van der Waals surface area contributed by atoms with Crippen LogP contribution in [0.15, 0.2) is 103 Å². The monoisotopic (exact) mass is 624 g/mol. The molecule has 4 aromatic carbocycles. The molecule has 0 saturated carbocycles. The Labute approximate surface area is 268 Å². The van der Waals surface area contributed by atoms with Crippen LogP contribution in [0.1, 0.15) is 16.8 Å². The number of nitrogens with one attached hydrogen (secondary N) is 1. The van der Waals surface area contributed by atoms with Gasteiger partial charge in [0.2, 0.25) is 0 Å². The normalized spacial score (nSPS) is 18.5. The second-order valence-corrected chi connectivity index (χ2v) is 11.3. The highest BCUT2D eigenvalue weighted by molar-refractivity contribution is 5.90. The van der Waals surface area contributed by atoms with Crippen molar-refractivity contribution in [3.63, 3.8) is 0 Å². The number of urea groups is 1. The van der Waals surface area contributed by atoms with Gasteiger partial charge in [0, 0.05) is 63.1 Å². The summed E-state index contributed by atoms with van der Waals surface area (Å²) in [5.41, 5.74) is 2.03. The van der Waals surface area contributed by atoms with Gasteiger partial charge in [-0.3, -0.25) is 4.90 Å². The number of nitrogens with zero attached hydrogens (tertiary/aromatic N) is 3. The predicted octanol–water partition coefficient (Wildman–Crippen LogP) is 6.28. The lowest BCUT2D eigenvalue weighted by Gasteiger charge is -2.46. The lowest BCUT2D eigenvalue weighted by Crippen LogP contribution is -2.61. The molecule has 238 valence electrons. The summed E-state index contributed by atoms with van der Waals surface area (Å²) in [7, 11) is 1.58. The number of esters is 1. The number of amides is 2. The third-order valence-electron chi connectivity index (χ3n) is 8.43. The first-order chi connectivity index (χ1) is 22.4. The summed E-state index contributed by atoms with van der Waals surface area (Å²) >= 11 is 0. The average Bonchev–Trinajstić information content (AvgIpc) is 3.09. The molecular weight excluding hydrogens is 587 g/mol.